The van der Waals surface area contributed by atoms with Crippen LogP contribution in [0.4, 0.5) is 5.69 Å². The Morgan fingerprint density at radius 2 is 1.61 bits per heavy atom. The van der Waals surface area contributed by atoms with Crippen molar-refractivity contribution in [3.8, 4) is 5.75 Å². The topological polar surface area (TPSA) is 106 Å². The number of ether oxygens (including phenoxy) is 1. The molecule has 1 saturated heterocycles. The maximum atomic E-state index is 13.2. The first-order chi connectivity index (χ1) is 15.7. The van der Waals surface area contributed by atoms with Crippen LogP contribution in [-0.2, 0) is 28.9 Å². The number of imidazole rings is 1. The Morgan fingerprint density at radius 3 is 2.24 bits per heavy atom. The van der Waals surface area contributed by atoms with Crippen LogP contribution in [0.2, 0.25) is 0 Å². The Bertz CT molecular complexity index is 1340. The molecule has 0 bridgehead atoms. The number of methoxy groups -OCH3 is 1. The summed E-state index contributed by atoms with van der Waals surface area (Å²) in [7, 11) is 1.15. The predicted molar refractivity (Wildman–Crippen MR) is 125 cm³/mol. The van der Waals surface area contributed by atoms with Crippen LogP contribution in [0.25, 0.3) is 11.0 Å². The number of carbonyl (C=O) groups is 1. The first-order valence-electron chi connectivity index (χ1n) is 10.5. The van der Waals surface area contributed by atoms with E-state index >= 15 is 0 Å². The number of hydrogen-bond acceptors (Lipinski definition) is 6. The number of sulfonamides is 1. The zero-order valence-corrected chi connectivity index (χ0v) is 19.6. The second kappa shape index (κ2) is 9.00. The lowest BCUT2D eigenvalue weighted by Gasteiger charge is -2.33. The molecule has 176 valence electrons. The van der Waals surface area contributed by atoms with Crippen molar-refractivity contribution in [2.24, 2.45) is 14.1 Å². The Kier molecular flexibility index (Phi) is 6.28. The van der Waals surface area contributed by atoms with Gasteiger partial charge in [-0.3, -0.25) is 18.8 Å². The molecule has 0 radical (unpaired) electrons. The normalized spacial score (nSPS) is 15.6. The quantitative estimate of drug-likeness (QED) is 0.569. The molecule has 0 aliphatic carbocycles. The molecule has 1 fully saturated rings. The van der Waals surface area contributed by atoms with E-state index in [1.165, 1.54) is 19.5 Å². The predicted octanol–water partition coefficient (Wildman–Crippen LogP) is 0.831. The van der Waals surface area contributed by atoms with Gasteiger partial charge in [-0.15, -0.1) is 0 Å². The third kappa shape index (κ3) is 4.52. The van der Waals surface area contributed by atoms with Crippen molar-refractivity contribution in [1.82, 2.24) is 18.3 Å². The van der Waals surface area contributed by atoms with Gasteiger partial charge in [0.1, 0.15) is 5.75 Å². The van der Waals surface area contributed by atoms with E-state index in [1.54, 1.807) is 57.6 Å². The maximum Gasteiger partial charge on any atom is 0.328 e. The van der Waals surface area contributed by atoms with E-state index in [0.717, 1.165) is 0 Å². The van der Waals surface area contributed by atoms with Crippen LogP contribution in [0.1, 0.15) is 0 Å². The number of aryl methyl sites for hydroxylation is 2. The van der Waals surface area contributed by atoms with Crippen molar-refractivity contribution in [2.45, 2.75) is 4.90 Å². The zero-order valence-electron chi connectivity index (χ0n) is 18.8. The van der Waals surface area contributed by atoms with Gasteiger partial charge in [-0.25, -0.2) is 13.2 Å². The van der Waals surface area contributed by atoms with Crippen LogP contribution in [-0.4, -0.2) is 72.5 Å². The average molecular weight is 474 g/mol. The van der Waals surface area contributed by atoms with E-state index in [9.17, 15) is 18.0 Å². The molecule has 33 heavy (non-hydrogen) atoms. The van der Waals surface area contributed by atoms with Crippen LogP contribution in [0.3, 0.4) is 0 Å². The number of rotatable bonds is 6. The number of amides is 1. The highest BCUT2D eigenvalue weighted by molar-refractivity contribution is 7.89. The summed E-state index contributed by atoms with van der Waals surface area (Å²) in [5.41, 5.74) is 1.71. The minimum atomic E-state index is -3.71. The van der Waals surface area contributed by atoms with Crippen LogP contribution < -0.4 is 15.7 Å². The van der Waals surface area contributed by atoms with E-state index in [4.69, 9.17) is 4.74 Å². The lowest BCUT2D eigenvalue weighted by atomic mass is 10.3. The molecule has 0 spiro atoms. The molecule has 0 unspecified atom stereocenters. The van der Waals surface area contributed by atoms with Crippen molar-refractivity contribution < 1.29 is 17.9 Å². The van der Waals surface area contributed by atoms with Gasteiger partial charge in [-0.1, -0.05) is 0 Å². The third-order valence-corrected chi connectivity index (χ3v) is 7.85. The fraction of sp³-hybridized carbons (Fsp3) is 0.364. The van der Waals surface area contributed by atoms with Gasteiger partial charge in [0, 0.05) is 46.0 Å². The lowest BCUT2D eigenvalue weighted by Crippen LogP contribution is -2.50. The number of hydrogen-bond donors (Lipinski definition) is 1. The summed E-state index contributed by atoms with van der Waals surface area (Å²) in [4.78, 5) is 26.6. The van der Waals surface area contributed by atoms with Crippen LogP contribution in [0, 0.1) is 0 Å². The van der Waals surface area contributed by atoms with Crippen molar-refractivity contribution >= 4 is 32.7 Å². The van der Waals surface area contributed by atoms with Crippen LogP contribution in [0.15, 0.2) is 52.2 Å². The van der Waals surface area contributed by atoms with E-state index in [2.05, 4.69) is 5.32 Å². The number of anilines is 1. The van der Waals surface area contributed by atoms with E-state index in [0.29, 0.717) is 35.6 Å². The van der Waals surface area contributed by atoms with Gasteiger partial charge in [0.15, 0.2) is 0 Å². The average Bonchev–Trinajstić information content (AvgIpc) is 3.03. The Labute approximate surface area is 192 Å². The van der Waals surface area contributed by atoms with Crippen molar-refractivity contribution in [3.05, 3.63) is 52.9 Å². The molecule has 1 aliphatic rings. The number of carbonyl (C=O) groups excluding carboxylic acids is 1. The largest absolute Gasteiger partial charge is 0.497 e. The maximum absolute atomic E-state index is 13.2. The van der Waals surface area contributed by atoms with E-state index in [1.807, 2.05) is 4.90 Å². The summed E-state index contributed by atoms with van der Waals surface area (Å²) in [6, 6.07) is 11.8. The van der Waals surface area contributed by atoms with Crippen LogP contribution >= 0.6 is 0 Å². The van der Waals surface area contributed by atoms with Gasteiger partial charge < -0.3 is 10.1 Å². The van der Waals surface area contributed by atoms with E-state index < -0.39 is 10.0 Å². The second-order valence-corrected chi connectivity index (χ2v) is 9.95. The highest BCUT2D eigenvalue weighted by atomic mass is 32.2. The Morgan fingerprint density at radius 1 is 0.970 bits per heavy atom. The number of fused-ring (bicyclic) bond motifs is 1. The molecule has 3 aromatic rings. The van der Waals surface area contributed by atoms with Gasteiger partial charge in [-0.05, 0) is 42.5 Å². The molecular weight excluding hydrogens is 446 g/mol. The second-order valence-electron chi connectivity index (χ2n) is 8.01. The van der Waals surface area contributed by atoms with Gasteiger partial charge in [0.05, 0.1) is 29.6 Å². The lowest BCUT2D eigenvalue weighted by molar-refractivity contribution is -0.117. The molecule has 1 amide bonds. The summed E-state index contributed by atoms with van der Waals surface area (Å²) >= 11 is 0. The minimum Gasteiger partial charge on any atom is -0.497 e. The Hall–Kier alpha value is -3.15. The van der Waals surface area contributed by atoms with Gasteiger partial charge in [-0.2, -0.15) is 4.31 Å². The van der Waals surface area contributed by atoms with Gasteiger partial charge >= 0.3 is 5.69 Å². The van der Waals surface area contributed by atoms with Gasteiger partial charge in [0.25, 0.3) is 0 Å². The summed E-state index contributed by atoms with van der Waals surface area (Å²) in [5, 5.41) is 2.84. The molecule has 1 aliphatic heterocycles. The molecule has 1 N–H and O–H groups in total. The Balaban J connectivity index is 1.38. The summed E-state index contributed by atoms with van der Waals surface area (Å²) in [5.74, 6) is 0.547. The summed E-state index contributed by atoms with van der Waals surface area (Å²) in [6.07, 6.45) is 0. The molecular formula is C22H27N5O5S. The number of aromatic nitrogens is 2. The molecule has 2 aromatic carbocycles. The standard InChI is InChI=1S/C22H27N5O5S/c1-24-19-9-8-18(14-20(19)25(2)22(24)29)33(30,31)27-12-10-26(11-13-27)15-21(28)23-16-4-6-17(32-3)7-5-16/h4-9,14H,10-13,15H2,1-3H3,(H,23,28). The monoisotopic (exact) mass is 473 g/mol. The highest BCUT2D eigenvalue weighted by Gasteiger charge is 2.29. The van der Waals surface area contributed by atoms with Crippen molar-refractivity contribution in [2.75, 3.05) is 45.2 Å². The molecule has 0 saturated carbocycles. The SMILES string of the molecule is COc1ccc(NC(=O)CN2CCN(S(=O)(=O)c3ccc4c(c3)n(C)c(=O)n4C)CC2)cc1. The van der Waals surface area contributed by atoms with E-state index in [-0.39, 0.29) is 36.1 Å². The summed E-state index contributed by atoms with van der Waals surface area (Å²) in [6.45, 7) is 1.63. The highest BCUT2D eigenvalue weighted by Crippen LogP contribution is 2.22. The van der Waals surface area contributed by atoms with Gasteiger partial charge in [0.2, 0.25) is 15.9 Å². The summed E-state index contributed by atoms with van der Waals surface area (Å²) < 4.78 is 35.8. The number of nitrogens with zero attached hydrogens (tertiary/aromatic N) is 4. The third-order valence-electron chi connectivity index (χ3n) is 5.95. The molecule has 4 rings (SSSR count). The molecule has 1 aromatic heterocycles. The molecule has 2 heterocycles. The van der Waals surface area contributed by atoms with Crippen molar-refractivity contribution in [1.29, 1.82) is 0 Å². The molecule has 10 nitrogen and oxygen atoms in total. The number of nitrogens with one attached hydrogen (secondary N) is 1. The fourth-order valence-corrected chi connectivity index (χ4v) is 5.44. The van der Waals surface area contributed by atoms with Crippen molar-refractivity contribution in [3.63, 3.8) is 0 Å². The molecule has 11 heteroatoms. The first-order valence-corrected chi connectivity index (χ1v) is 12.0. The van der Waals surface area contributed by atoms with Crippen LogP contribution in [0.5, 0.6) is 5.75 Å². The first kappa shape index (κ1) is 23.0. The fourth-order valence-electron chi connectivity index (χ4n) is 4.00. The minimum absolute atomic E-state index is 0.155. The smallest absolute Gasteiger partial charge is 0.328 e. The zero-order chi connectivity index (χ0) is 23.8. The number of benzene rings is 2. The number of piperazine rings is 1. The molecule has 0 atom stereocenters.